The van der Waals surface area contributed by atoms with Crippen LogP contribution in [0.4, 0.5) is 13.2 Å². The van der Waals surface area contributed by atoms with Crippen LogP contribution in [0.2, 0.25) is 0 Å². The molecule has 0 saturated carbocycles. The zero-order valence-corrected chi connectivity index (χ0v) is 22.6. The number of methoxy groups -OCH3 is 3. The number of benzene rings is 2. The van der Waals surface area contributed by atoms with Gasteiger partial charge < -0.3 is 23.8 Å². The van der Waals surface area contributed by atoms with Crippen molar-refractivity contribution in [1.29, 1.82) is 0 Å². The number of ether oxygens (including phenoxy) is 4. The van der Waals surface area contributed by atoms with Gasteiger partial charge in [0.2, 0.25) is 0 Å². The van der Waals surface area contributed by atoms with E-state index >= 15 is 0 Å². The molecular weight excluding hydrogens is 553 g/mol. The number of amidine groups is 1. The van der Waals surface area contributed by atoms with Crippen LogP contribution in [-0.4, -0.2) is 62.3 Å². The number of alkyl halides is 3. The predicted molar refractivity (Wildman–Crippen MR) is 140 cm³/mol. The standard InChI is InChI=1S/C27H25F3N2O7S/c1-36-21-12-15(13-22-23(33)31-26(40-22)32-10-8-16(9-11-32)24(34)37-2)4-6-20(21)39-19-7-5-17(25(35)38-3)14-18(19)27(28,29)30/h4-7,12-14,16H,8-11H2,1-3H3/b22-13-. The highest BCUT2D eigenvalue weighted by molar-refractivity contribution is 8.18. The lowest BCUT2D eigenvalue weighted by molar-refractivity contribution is -0.146. The molecule has 0 aliphatic carbocycles. The number of hydrogen-bond acceptors (Lipinski definition) is 9. The van der Waals surface area contributed by atoms with Crippen molar-refractivity contribution in [3.8, 4) is 17.2 Å². The summed E-state index contributed by atoms with van der Waals surface area (Å²) in [5, 5.41) is 0.543. The van der Waals surface area contributed by atoms with Gasteiger partial charge >= 0.3 is 18.1 Å². The Morgan fingerprint density at radius 2 is 1.70 bits per heavy atom. The smallest absolute Gasteiger partial charge is 0.420 e. The molecule has 40 heavy (non-hydrogen) atoms. The van der Waals surface area contributed by atoms with E-state index in [4.69, 9.17) is 14.2 Å². The molecule has 2 aromatic rings. The first-order chi connectivity index (χ1) is 19.0. The first kappa shape index (κ1) is 29.0. The summed E-state index contributed by atoms with van der Waals surface area (Å²) in [6.07, 6.45) is -2.01. The normalized spacial score (nSPS) is 17.1. The molecule has 0 N–H and O–H groups in total. The van der Waals surface area contributed by atoms with E-state index in [1.54, 1.807) is 12.1 Å². The summed E-state index contributed by atoms with van der Waals surface area (Å²) in [5.41, 5.74) is -0.890. The summed E-state index contributed by atoms with van der Waals surface area (Å²) in [7, 11) is 3.76. The molecule has 1 amide bonds. The van der Waals surface area contributed by atoms with Gasteiger partial charge in [-0.2, -0.15) is 18.2 Å². The molecule has 13 heteroatoms. The molecule has 2 aliphatic heterocycles. The number of likely N-dealkylation sites (tertiary alicyclic amines) is 1. The highest BCUT2D eigenvalue weighted by Crippen LogP contribution is 2.41. The molecule has 0 aromatic heterocycles. The lowest BCUT2D eigenvalue weighted by Gasteiger charge is -2.31. The van der Waals surface area contributed by atoms with Crippen molar-refractivity contribution in [1.82, 2.24) is 4.90 Å². The second kappa shape index (κ2) is 12.0. The Balaban J connectivity index is 1.50. The largest absolute Gasteiger partial charge is 0.493 e. The highest BCUT2D eigenvalue weighted by atomic mass is 32.2. The number of piperidine rings is 1. The van der Waals surface area contributed by atoms with Gasteiger partial charge in [-0.25, -0.2) is 4.79 Å². The molecule has 2 aliphatic rings. The highest BCUT2D eigenvalue weighted by Gasteiger charge is 2.36. The molecule has 2 heterocycles. The van der Waals surface area contributed by atoms with E-state index in [0.717, 1.165) is 13.2 Å². The van der Waals surface area contributed by atoms with Gasteiger partial charge in [0, 0.05) is 13.1 Å². The third kappa shape index (κ3) is 6.41. The van der Waals surface area contributed by atoms with Gasteiger partial charge in [-0.1, -0.05) is 6.07 Å². The molecule has 2 aromatic carbocycles. The van der Waals surface area contributed by atoms with Gasteiger partial charge in [0.05, 0.1) is 43.3 Å². The minimum atomic E-state index is -4.80. The molecule has 1 fully saturated rings. The number of aliphatic imine (C=N–C) groups is 1. The van der Waals surface area contributed by atoms with E-state index in [1.165, 1.54) is 44.2 Å². The minimum absolute atomic E-state index is 0.00298. The second-order valence-corrected chi connectivity index (χ2v) is 9.82. The van der Waals surface area contributed by atoms with Crippen molar-refractivity contribution < 1.29 is 46.5 Å². The van der Waals surface area contributed by atoms with E-state index in [1.807, 2.05) is 4.90 Å². The molecule has 0 spiro atoms. The Bertz CT molecular complexity index is 1380. The average molecular weight is 579 g/mol. The molecule has 0 atom stereocenters. The number of hydrogen-bond donors (Lipinski definition) is 0. The van der Waals surface area contributed by atoms with Crippen molar-refractivity contribution in [2.24, 2.45) is 10.9 Å². The fraction of sp³-hybridized carbons (Fsp3) is 0.333. The maximum atomic E-state index is 13.7. The Kier molecular flexibility index (Phi) is 8.72. The Hall–Kier alpha value is -4.00. The van der Waals surface area contributed by atoms with Crippen molar-refractivity contribution in [2.75, 3.05) is 34.4 Å². The number of carbonyl (C=O) groups excluding carboxylic acids is 3. The lowest BCUT2D eigenvalue weighted by atomic mass is 9.97. The summed E-state index contributed by atoms with van der Waals surface area (Å²) >= 11 is 1.20. The van der Waals surface area contributed by atoms with Crippen LogP contribution in [0.15, 0.2) is 46.3 Å². The number of nitrogens with zero attached hydrogens (tertiary/aromatic N) is 2. The van der Waals surface area contributed by atoms with Crippen LogP contribution in [0.3, 0.4) is 0 Å². The van der Waals surface area contributed by atoms with Crippen molar-refractivity contribution in [3.05, 3.63) is 58.0 Å². The lowest BCUT2D eigenvalue weighted by Crippen LogP contribution is -2.38. The number of rotatable bonds is 6. The van der Waals surface area contributed by atoms with Gasteiger partial charge in [-0.05, 0) is 66.6 Å². The van der Waals surface area contributed by atoms with Crippen LogP contribution >= 0.6 is 11.8 Å². The minimum Gasteiger partial charge on any atom is -0.493 e. The first-order valence-electron chi connectivity index (χ1n) is 12.0. The Labute approximate surface area is 231 Å². The van der Waals surface area contributed by atoms with Crippen LogP contribution in [-0.2, 0) is 25.2 Å². The number of thioether (sulfide) groups is 1. The third-order valence-corrected chi connectivity index (χ3v) is 7.37. The summed E-state index contributed by atoms with van der Waals surface area (Å²) < 4.78 is 61.3. The van der Waals surface area contributed by atoms with Gasteiger partial charge in [-0.15, -0.1) is 0 Å². The van der Waals surface area contributed by atoms with E-state index in [9.17, 15) is 27.6 Å². The van der Waals surface area contributed by atoms with Crippen molar-refractivity contribution >= 4 is 40.9 Å². The van der Waals surface area contributed by atoms with Gasteiger partial charge in [0.1, 0.15) is 5.75 Å². The van der Waals surface area contributed by atoms with E-state index in [-0.39, 0.29) is 28.9 Å². The first-order valence-corrected chi connectivity index (χ1v) is 12.9. The summed E-state index contributed by atoms with van der Waals surface area (Å²) in [6.45, 7) is 1.12. The molecule has 4 rings (SSSR count). The number of carbonyl (C=O) groups is 3. The van der Waals surface area contributed by atoms with E-state index < -0.39 is 29.4 Å². The molecule has 0 unspecified atom stereocenters. The van der Waals surface area contributed by atoms with Crippen LogP contribution in [0.5, 0.6) is 17.2 Å². The number of esters is 2. The fourth-order valence-corrected chi connectivity index (χ4v) is 5.18. The molecule has 1 saturated heterocycles. The van der Waals surface area contributed by atoms with Gasteiger partial charge in [-0.3, -0.25) is 9.59 Å². The van der Waals surface area contributed by atoms with Gasteiger partial charge in [0.15, 0.2) is 16.7 Å². The number of amides is 1. The van der Waals surface area contributed by atoms with E-state index in [2.05, 4.69) is 9.73 Å². The quantitative estimate of drug-likeness (QED) is 0.340. The van der Waals surface area contributed by atoms with Gasteiger partial charge in [0.25, 0.3) is 5.91 Å². The summed E-state index contributed by atoms with van der Waals surface area (Å²) in [5.74, 6) is -2.16. The van der Waals surface area contributed by atoms with Crippen LogP contribution < -0.4 is 9.47 Å². The van der Waals surface area contributed by atoms with Crippen molar-refractivity contribution in [2.45, 2.75) is 19.0 Å². The maximum Gasteiger partial charge on any atom is 0.420 e. The monoisotopic (exact) mass is 578 g/mol. The average Bonchev–Trinajstić information content (AvgIpc) is 3.32. The zero-order chi connectivity index (χ0) is 29.0. The number of halogens is 3. The summed E-state index contributed by atoms with van der Waals surface area (Å²) in [6, 6.07) is 7.36. The third-order valence-electron chi connectivity index (χ3n) is 6.32. The van der Waals surface area contributed by atoms with Crippen LogP contribution in [0.25, 0.3) is 6.08 Å². The maximum absolute atomic E-state index is 13.7. The molecule has 0 radical (unpaired) electrons. The van der Waals surface area contributed by atoms with Crippen LogP contribution in [0, 0.1) is 5.92 Å². The Morgan fingerprint density at radius 3 is 2.33 bits per heavy atom. The van der Waals surface area contributed by atoms with Crippen LogP contribution in [0.1, 0.15) is 34.3 Å². The Morgan fingerprint density at radius 1 is 1.00 bits per heavy atom. The SMILES string of the molecule is COC(=O)c1ccc(Oc2ccc(/C=C3\SC(N4CCC(C(=O)OC)CC4)=NC3=O)cc2OC)c(C(F)(F)F)c1. The topological polar surface area (TPSA) is 104 Å². The molecule has 0 bridgehead atoms. The van der Waals surface area contributed by atoms with E-state index in [0.29, 0.717) is 47.6 Å². The second-order valence-electron chi connectivity index (χ2n) is 8.81. The zero-order valence-electron chi connectivity index (χ0n) is 21.7. The molecule has 212 valence electrons. The summed E-state index contributed by atoms with van der Waals surface area (Å²) in [4.78, 5) is 42.5. The predicted octanol–water partition coefficient (Wildman–Crippen LogP) is 5.15. The molecular formula is C27H25F3N2O7S. The van der Waals surface area contributed by atoms with Crippen molar-refractivity contribution in [3.63, 3.8) is 0 Å². The molecule has 9 nitrogen and oxygen atoms in total. The fourth-order valence-electron chi connectivity index (χ4n) is 4.22.